The molecule has 0 saturated heterocycles. The first-order valence-electron chi connectivity index (χ1n) is 7.33. The van der Waals surface area contributed by atoms with Gasteiger partial charge in [-0.3, -0.25) is 4.79 Å². The highest BCUT2D eigenvalue weighted by Crippen LogP contribution is 2.24. The number of hydrogen-bond acceptors (Lipinski definition) is 6. The van der Waals surface area contributed by atoms with E-state index in [9.17, 15) is 14.7 Å². The Morgan fingerprint density at radius 3 is 2.48 bits per heavy atom. The minimum absolute atomic E-state index is 0.0997. The molecule has 0 radical (unpaired) electrons. The minimum atomic E-state index is -1.09. The monoisotopic (exact) mass is 340 g/mol. The van der Waals surface area contributed by atoms with E-state index in [0.717, 1.165) is 0 Å². The lowest BCUT2D eigenvalue weighted by molar-refractivity contribution is -0.123. The zero-order chi connectivity index (χ0) is 18.4. The lowest BCUT2D eigenvalue weighted by Crippen LogP contribution is -2.30. The van der Waals surface area contributed by atoms with E-state index in [-0.39, 0.29) is 11.3 Å². The average Bonchev–Trinajstić information content (AvgIpc) is 2.62. The molecule has 2 N–H and O–H groups in total. The third-order valence-corrected chi connectivity index (χ3v) is 3.36. The molecule has 0 bridgehead atoms. The van der Waals surface area contributed by atoms with E-state index in [2.05, 4.69) is 5.32 Å². The third kappa shape index (κ3) is 4.48. The summed E-state index contributed by atoms with van der Waals surface area (Å²) >= 11 is 0. The molecule has 1 amide bonds. The average molecular weight is 340 g/mol. The van der Waals surface area contributed by atoms with Crippen LogP contribution in [0.15, 0.2) is 42.5 Å². The van der Waals surface area contributed by atoms with Crippen LogP contribution in [0.4, 0.5) is 5.69 Å². The van der Waals surface area contributed by atoms with Crippen molar-refractivity contribution in [2.24, 2.45) is 0 Å². The molecule has 2 rings (SSSR count). The fraction of sp³-hybridized carbons (Fsp3) is 0.167. The van der Waals surface area contributed by atoms with Crippen LogP contribution < -0.4 is 10.1 Å². The number of rotatable bonds is 5. The number of carbonyl (C=O) groups excluding carboxylic acids is 2. The molecular formula is C18H16N2O5. The number of carbonyl (C=O) groups is 2. The molecule has 2 aromatic carbocycles. The van der Waals surface area contributed by atoms with Gasteiger partial charge >= 0.3 is 5.97 Å². The zero-order valence-corrected chi connectivity index (χ0v) is 13.6. The van der Waals surface area contributed by atoms with Gasteiger partial charge in [0, 0.05) is 5.69 Å². The SMILES string of the molecule is COc1ccc(O)c(C(=O)O[C@@H](C)C(=O)Nc2ccc(C#N)cc2)c1. The Morgan fingerprint density at radius 2 is 1.88 bits per heavy atom. The van der Waals surface area contributed by atoms with Crippen molar-refractivity contribution in [1.29, 1.82) is 5.26 Å². The number of nitriles is 1. The van der Waals surface area contributed by atoms with Gasteiger partial charge in [0.25, 0.3) is 5.91 Å². The number of methoxy groups -OCH3 is 1. The van der Waals surface area contributed by atoms with Crippen molar-refractivity contribution in [2.75, 3.05) is 12.4 Å². The van der Waals surface area contributed by atoms with Crippen molar-refractivity contribution in [3.63, 3.8) is 0 Å². The first kappa shape index (κ1) is 17.8. The van der Waals surface area contributed by atoms with E-state index in [1.54, 1.807) is 24.3 Å². The maximum Gasteiger partial charge on any atom is 0.342 e. The minimum Gasteiger partial charge on any atom is -0.507 e. The summed E-state index contributed by atoms with van der Waals surface area (Å²) < 4.78 is 10.1. The molecule has 0 aliphatic rings. The van der Waals surface area contributed by atoms with Crippen molar-refractivity contribution in [1.82, 2.24) is 0 Å². The molecule has 7 nitrogen and oxygen atoms in total. The van der Waals surface area contributed by atoms with Crippen molar-refractivity contribution >= 4 is 17.6 Å². The van der Waals surface area contributed by atoms with Gasteiger partial charge in [0.05, 0.1) is 18.7 Å². The number of benzene rings is 2. The molecule has 2 aromatic rings. The summed E-state index contributed by atoms with van der Waals surface area (Å²) in [5.41, 5.74) is 0.833. The molecular weight excluding hydrogens is 324 g/mol. The van der Waals surface area contributed by atoms with Gasteiger partial charge in [-0.05, 0) is 49.4 Å². The molecule has 25 heavy (non-hydrogen) atoms. The summed E-state index contributed by atoms with van der Waals surface area (Å²) in [6.07, 6.45) is -1.09. The van der Waals surface area contributed by atoms with Crippen LogP contribution in [0.25, 0.3) is 0 Å². The highest BCUT2D eigenvalue weighted by Gasteiger charge is 2.21. The van der Waals surface area contributed by atoms with Gasteiger partial charge in [-0.15, -0.1) is 0 Å². The summed E-state index contributed by atoms with van der Waals surface area (Å²) in [6.45, 7) is 1.41. The Bertz CT molecular complexity index is 824. The van der Waals surface area contributed by atoms with Gasteiger partial charge < -0.3 is 19.9 Å². The Labute approximate surface area is 144 Å². The van der Waals surface area contributed by atoms with E-state index in [0.29, 0.717) is 17.0 Å². The normalized spacial score (nSPS) is 11.1. The van der Waals surface area contributed by atoms with E-state index in [1.165, 1.54) is 32.2 Å². The van der Waals surface area contributed by atoms with Crippen molar-refractivity contribution in [2.45, 2.75) is 13.0 Å². The molecule has 0 saturated carbocycles. The fourth-order valence-corrected chi connectivity index (χ4v) is 1.96. The maximum absolute atomic E-state index is 12.1. The van der Waals surface area contributed by atoms with Crippen molar-refractivity contribution in [3.8, 4) is 17.6 Å². The number of nitrogens with one attached hydrogen (secondary N) is 1. The van der Waals surface area contributed by atoms with Crippen LogP contribution in [0.2, 0.25) is 0 Å². The number of phenolic OH excluding ortho intramolecular Hbond substituents is 1. The number of anilines is 1. The summed E-state index contributed by atoms with van der Waals surface area (Å²) in [5.74, 6) is -1.29. The van der Waals surface area contributed by atoms with Crippen molar-refractivity contribution < 1.29 is 24.2 Å². The highest BCUT2D eigenvalue weighted by atomic mass is 16.5. The summed E-state index contributed by atoms with van der Waals surface area (Å²) in [6, 6.07) is 12.3. The molecule has 0 aliphatic heterocycles. The second-order valence-corrected chi connectivity index (χ2v) is 5.11. The smallest absolute Gasteiger partial charge is 0.342 e. The second kappa shape index (κ2) is 7.84. The molecule has 0 aliphatic carbocycles. The topological polar surface area (TPSA) is 109 Å². The molecule has 0 fully saturated rings. The van der Waals surface area contributed by atoms with Crippen LogP contribution in [0.3, 0.4) is 0 Å². The van der Waals surface area contributed by atoms with Gasteiger partial charge in [0.1, 0.15) is 17.1 Å². The molecule has 7 heteroatoms. The van der Waals surface area contributed by atoms with E-state index in [1.807, 2.05) is 6.07 Å². The molecule has 128 valence electrons. The van der Waals surface area contributed by atoms with Crippen molar-refractivity contribution in [3.05, 3.63) is 53.6 Å². The Balaban J connectivity index is 2.02. The largest absolute Gasteiger partial charge is 0.507 e. The maximum atomic E-state index is 12.1. The Kier molecular flexibility index (Phi) is 5.58. The lowest BCUT2D eigenvalue weighted by atomic mass is 10.2. The molecule has 0 aromatic heterocycles. The van der Waals surface area contributed by atoms with Crippen LogP contribution in [-0.4, -0.2) is 30.2 Å². The predicted molar refractivity (Wildman–Crippen MR) is 89.3 cm³/mol. The van der Waals surface area contributed by atoms with Gasteiger partial charge in [-0.25, -0.2) is 4.79 Å². The molecule has 0 spiro atoms. The second-order valence-electron chi connectivity index (χ2n) is 5.11. The molecule has 0 unspecified atom stereocenters. The van der Waals surface area contributed by atoms with Gasteiger partial charge in [0.2, 0.25) is 0 Å². The number of nitrogens with zero attached hydrogens (tertiary/aromatic N) is 1. The van der Waals surface area contributed by atoms with Crippen LogP contribution in [0.5, 0.6) is 11.5 Å². The number of phenols is 1. The van der Waals surface area contributed by atoms with Gasteiger partial charge in [0.15, 0.2) is 6.10 Å². The first-order chi connectivity index (χ1) is 11.9. The van der Waals surface area contributed by atoms with Crippen LogP contribution in [0, 0.1) is 11.3 Å². The van der Waals surface area contributed by atoms with Crippen LogP contribution in [0.1, 0.15) is 22.8 Å². The number of aromatic hydroxyl groups is 1. The standard InChI is InChI=1S/C18H16N2O5/c1-11(17(22)20-13-5-3-12(10-19)4-6-13)25-18(23)15-9-14(24-2)7-8-16(15)21/h3-9,11,21H,1-2H3,(H,20,22)/t11-/m0/s1. The molecule has 0 heterocycles. The summed E-state index contributed by atoms with van der Waals surface area (Å²) in [7, 11) is 1.43. The first-order valence-corrected chi connectivity index (χ1v) is 7.33. The van der Waals surface area contributed by atoms with E-state index < -0.39 is 18.0 Å². The number of ether oxygens (including phenoxy) is 2. The summed E-state index contributed by atoms with van der Waals surface area (Å²) in [4.78, 5) is 24.2. The van der Waals surface area contributed by atoms with Crippen LogP contribution >= 0.6 is 0 Å². The lowest BCUT2D eigenvalue weighted by Gasteiger charge is -2.14. The van der Waals surface area contributed by atoms with E-state index >= 15 is 0 Å². The van der Waals surface area contributed by atoms with Gasteiger partial charge in [-0.1, -0.05) is 0 Å². The fourth-order valence-electron chi connectivity index (χ4n) is 1.96. The Morgan fingerprint density at radius 1 is 1.20 bits per heavy atom. The van der Waals surface area contributed by atoms with Crippen LogP contribution in [-0.2, 0) is 9.53 Å². The number of esters is 1. The quantitative estimate of drug-likeness (QED) is 0.809. The number of amides is 1. The Hall–Kier alpha value is -3.53. The number of hydrogen-bond donors (Lipinski definition) is 2. The molecule has 1 atom stereocenters. The predicted octanol–water partition coefficient (Wildman–Crippen LogP) is 2.46. The zero-order valence-electron chi connectivity index (χ0n) is 13.6. The van der Waals surface area contributed by atoms with Gasteiger partial charge in [-0.2, -0.15) is 5.26 Å². The summed E-state index contributed by atoms with van der Waals surface area (Å²) in [5, 5.41) is 21.1. The highest BCUT2D eigenvalue weighted by molar-refractivity contribution is 5.98. The van der Waals surface area contributed by atoms with E-state index in [4.69, 9.17) is 14.7 Å². The third-order valence-electron chi connectivity index (χ3n) is 3.36.